The first-order chi connectivity index (χ1) is 11.7. The molecular formula is C21H34O3. The highest BCUT2D eigenvalue weighted by molar-refractivity contribution is 5.70. The summed E-state index contributed by atoms with van der Waals surface area (Å²) < 4.78 is 11.2. The molecule has 1 heterocycles. The van der Waals surface area contributed by atoms with Gasteiger partial charge in [0.05, 0.1) is 6.61 Å². The smallest absolute Gasteiger partial charge is 0.308 e. The summed E-state index contributed by atoms with van der Waals surface area (Å²) in [6, 6.07) is 0. The third kappa shape index (κ3) is 2.91. The maximum Gasteiger partial charge on any atom is 0.308 e. The van der Waals surface area contributed by atoms with Crippen LogP contribution in [0.3, 0.4) is 0 Å². The number of esters is 1. The van der Waals surface area contributed by atoms with E-state index in [2.05, 4.69) is 13.8 Å². The van der Waals surface area contributed by atoms with Gasteiger partial charge in [-0.3, -0.25) is 4.79 Å². The fraction of sp³-hybridized carbons (Fsp3) is 0.952. The molecule has 1 saturated heterocycles. The molecule has 0 amide bonds. The Kier molecular flexibility index (Phi) is 4.90. The minimum Gasteiger partial charge on any atom is -0.436 e. The quantitative estimate of drug-likeness (QED) is 0.678. The van der Waals surface area contributed by atoms with Crippen molar-refractivity contribution >= 4 is 5.97 Å². The Morgan fingerprint density at radius 2 is 1.79 bits per heavy atom. The molecule has 4 rings (SSSR count). The van der Waals surface area contributed by atoms with Crippen molar-refractivity contribution in [2.45, 2.75) is 77.9 Å². The highest BCUT2D eigenvalue weighted by Gasteiger charge is 2.59. The Hall–Kier alpha value is -0.570. The second kappa shape index (κ2) is 6.97. The van der Waals surface area contributed by atoms with Crippen LogP contribution in [0.1, 0.15) is 71.6 Å². The van der Waals surface area contributed by atoms with Crippen LogP contribution in [-0.2, 0) is 14.3 Å². The van der Waals surface area contributed by atoms with Crippen molar-refractivity contribution in [2.75, 3.05) is 6.61 Å². The van der Waals surface area contributed by atoms with Crippen LogP contribution in [0, 0.1) is 41.4 Å². The van der Waals surface area contributed by atoms with E-state index in [0.717, 1.165) is 61.4 Å². The lowest BCUT2D eigenvalue weighted by atomic mass is 9.70. The lowest BCUT2D eigenvalue weighted by Crippen LogP contribution is -2.32. The molecule has 24 heavy (non-hydrogen) atoms. The van der Waals surface area contributed by atoms with Gasteiger partial charge >= 0.3 is 5.97 Å². The molecule has 0 spiro atoms. The van der Waals surface area contributed by atoms with E-state index < -0.39 is 0 Å². The van der Waals surface area contributed by atoms with Crippen molar-refractivity contribution in [3.8, 4) is 0 Å². The van der Waals surface area contributed by atoms with Crippen LogP contribution in [0.25, 0.3) is 0 Å². The van der Waals surface area contributed by atoms with Crippen molar-refractivity contribution in [2.24, 2.45) is 41.4 Å². The molecule has 136 valence electrons. The zero-order valence-corrected chi connectivity index (χ0v) is 15.4. The molecule has 8 atom stereocenters. The van der Waals surface area contributed by atoms with E-state index in [9.17, 15) is 4.79 Å². The number of fused-ring (bicyclic) bond motifs is 5. The van der Waals surface area contributed by atoms with Crippen LogP contribution in [0.5, 0.6) is 0 Å². The fourth-order valence-corrected chi connectivity index (χ4v) is 6.98. The molecule has 2 bridgehead atoms. The monoisotopic (exact) mass is 334 g/mol. The highest BCUT2D eigenvalue weighted by atomic mass is 16.7. The highest BCUT2D eigenvalue weighted by Crippen LogP contribution is 2.66. The molecule has 0 aromatic carbocycles. The molecule has 0 radical (unpaired) electrons. The fourth-order valence-electron chi connectivity index (χ4n) is 6.98. The second-order valence-electron chi connectivity index (χ2n) is 8.87. The summed E-state index contributed by atoms with van der Waals surface area (Å²) in [5.41, 5.74) is 0. The van der Waals surface area contributed by atoms with Crippen molar-refractivity contribution in [3.05, 3.63) is 0 Å². The van der Waals surface area contributed by atoms with Crippen LogP contribution < -0.4 is 0 Å². The van der Waals surface area contributed by atoms with Crippen molar-refractivity contribution < 1.29 is 14.3 Å². The maximum absolute atomic E-state index is 12.4. The summed E-state index contributed by atoms with van der Waals surface area (Å²) in [5, 5.41) is 0. The summed E-state index contributed by atoms with van der Waals surface area (Å²) in [6.07, 6.45) is 10.3. The van der Waals surface area contributed by atoms with Gasteiger partial charge in [0.25, 0.3) is 0 Å². The van der Waals surface area contributed by atoms with E-state index in [4.69, 9.17) is 9.47 Å². The molecule has 0 aromatic rings. The standard InChI is InChI=1S/C21H34O3/c1-3-13-9-14(4-2)21-17-11-16(20(13)21)10-15(17)12-18(22)24-19-7-5-6-8-23-19/h13-17,19-21H,3-12H2,1-2H3. The Morgan fingerprint density at radius 1 is 1.00 bits per heavy atom. The first-order valence-corrected chi connectivity index (χ1v) is 10.5. The van der Waals surface area contributed by atoms with Gasteiger partial charge < -0.3 is 9.47 Å². The van der Waals surface area contributed by atoms with E-state index in [0.29, 0.717) is 12.3 Å². The molecule has 3 nitrogen and oxygen atoms in total. The van der Waals surface area contributed by atoms with Gasteiger partial charge in [-0.25, -0.2) is 0 Å². The summed E-state index contributed by atoms with van der Waals surface area (Å²) in [6.45, 7) is 5.49. The molecule has 3 saturated carbocycles. The number of carbonyl (C=O) groups is 1. The molecule has 3 heteroatoms. The normalized spacial score (nSPS) is 46.9. The van der Waals surface area contributed by atoms with Crippen LogP contribution in [-0.4, -0.2) is 18.9 Å². The van der Waals surface area contributed by atoms with E-state index in [-0.39, 0.29) is 12.3 Å². The van der Waals surface area contributed by atoms with E-state index >= 15 is 0 Å². The lowest BCUT2D eigenvalue weighted by molar-refractivity contribution is -0.188. The van der Waals surface area contributed by atoms with Gasteiger partial charge in [-0.15, -0.1) is 0 Å². The minimum absolute atomic E-state index is 0.00548. The minimum atomic E-state index is -0.267. The molecule has 0 aromatic heterocycles. The number of ether oxygens (including phenoxy) is 2. The van der Waals surface area contributed by atoms with E-state index in [1.165, 1.54) is 32.1 Å². The average molecular weight is 335 g/mol. The molecule has 0 N–H and O–H groups in total. The Morgan fingerprint density at radius 3 is 2.50 bits per heavy atom. The van der Waals surface area contributed by atoms with Gasteiger partial charge in [-0.1, -0.05) is 26.7 Å². The van der Waals surface area contributed by atoms with E-state index in [1.54, 1.807) is 0 Å². The molecule has 8 unspecified atom stereocenters. The van der Waals surface area contributed by atoms with Gasteiger partial charge in [-0.2, -0.15) is 0 Å². The summed E-state index contributed by atoms with van der Waals surface area (Å²) in [4.78, 5) is 12.4. The molecule has 4 aliphatic rings. The Bertz CT molecular complexity index is 456. The van der Waals surface area contributed by atoms with Crippen molar-refractivity contribution in [1.82, 2.24) is 0 Å². The first kappa shape index (κ1) is 16.9. The van der Waals surface area contributed by atoms with Gasteiger partial charge in [0, 0.05) is 12.8 Å². The maximum atomic E-state index is 12.4. The van der Waals surface area contributed by atoms with Crippen LogP contribution in [0.2, 0.25) is 0 Å². The summed E-state index contributed by atoms with van der Waals surface area (Å²) in [5.74, 6) is 6.01. The number of rotatable bonds is 5. The third-order valence-corrected chi connectivity index (χ3v) is 7.84. The van der Waals surface area contributed by atoms with Crippen LogP contribution in [0.4, 0.5) is 0 Å². The molecule has 4 fully saturated rings. The molecular weight excluding hydrogens is 300 g/mol. The third-order valence-electron chi connectivity index (χ3n) is 7.84. The predicted octanol–water partition coefficient (Wildman–Crippen LogP) is 4.79. The molecule has 1 aliphatic heterocycles. The summed E-state index contributed by atoms with van der Waals surface area (Å²) in [7, 11) is 0. The Balaban J connectivity index is 1.36. The van der Waals surface area contributed by atoms with Gasteiger partial charge in [0.15, 0.2) is 0 Å². The largest absolute Gasteiger partial charge is 0.436 e. The topological polar surface area (TPSA) is 35.5 Å². The van der Waals surface area contributed by atoms with E-state index in [1.807, 2.05) is 0 Å². The number of hydrogen-bond acceptors (Lipinski definition) is 3. The number of carbonyl (C=O) groups excluding carboxylic acids is 1. The van der Waals surface area contributed by atoms with Crippen molar-refractivity contribution in [1.29, 1.82) is 0 Å². The molecule has 3 aliphatic carbocycles. The number of hydrogen-bond donors (Lipinski definition) is 0. The predicted molar refractivity (Wildman–Crippen MR) is 93.2 cm³/mol. The van der Waals surface area contributed by atoms with Crippen molar-refractivity contribution in [3.63, 3.8) is 0 Å². The average Bonchev–Trinajstić information content (AvgIpc) is 3.25. The zero-order valence-electron chi connectivity index (χ0n) is 15.4. The van der Waals surface area contributed by atoms with Crippen LogP contribution in [0.15, 0.2) is 0 Å². The van der Waals surface area contributed by atoms with Gasteiger partial charge in [0.1, 0.15) is 0 Å². The zero-order chi connectivity index (χ0) is 16.7. The van der Waals surface area contributed by atoms with Gasteiger partial charge in [-0.05, 0) is 73.5 Å². The summed E-state index contributed by atoms with van der Waals surface area (Å²) >= 11 is 0. The van der Waals surface area contributed by atoms with Gasteiger partial charge in [0.2, 0.25) is 6.29 Å². The lowest BCUT2D eigenvalue weighted by Gasteiger charge is -2.35. The SMILES string of the molecule is CCC1CC(CC)C2C3CC(CC3CC(=O)OC3CCCCO3)C12. The second-order valence-corrected chi connectivity index (χ2v) is 8.87. The van der Waals surface area contributed by atoms with Crippen LogP contribution >= 0.6 is 0 Å². The first-order valence-electron chi connectivity index (χ1n) is 10.5. The Labute approximate surface area is 146 Å².